The van der Waals surface area contributed by atoms with Gasteiger partial charge in [0.05, 0.1) is 6.20 Å². The monoisotopic (exact) mass is 302 g/mol. The van der Waals surface area contributed by atoms with Crippen LogP contribution in [0.15, 0.2) is 17.3 Å². The van der Waals surface area contributed by atoms with E-state index in [2.05, 4.69) is 18.9 Å². The number of nitrogens with zero attached hydrogens (tertiary/aromatic N) is 3. The van der Waals surface area contributed by atoms with Crippen molar-refractivity contribution in [3.63, 3.8) is 0 Å². The van der Waals surface area contributed by atoms with E-state index < -0.39 is 10.0 Å². The highest BCUT2D eigenvalue weighted by Crippen LogP contribution is 2.17. The predicted octanol–water partition coefficient (Wildman–Crippen LogP) is 1.29. The average molecular weight is 302 g/mol. The van der Waals surface area contributed by atoms with E-state index in [0.717, 1.165) is 12.8 Å². The molecular weight excluding hydrogens is 276 g/mol. The zero-order valence-corrected chi connectivity index (χ0v) is 13.4. The van der Waals surface area contributed by atoms with Crippen molar-refractivity contribution in [2.75, 3.05) is 19.6 Å². The lowest BCUT2D eigenvalue weighted by Gasteiger charge is -2.22. The molecule has 0 amide bonds. The van der Waals surface area contributed by atoms with Crippen molar-refractivity contribution < 1.29 is 8.42 Å². The van der Waals surface area contributed by atoms with Crippen LogP contribution in [-0.4, -0.2) is 42.1 Å². The van der Waals surface area contributed by atoms with Crippen molar-refractivity contribution in [1.29, 1.82) is 0 Å². The second kappa shape index (κ2) is 7.75. The van der Waals surface area contributed by atoms with Gasteiger partial charge in [-0.15, -0.1) is 0 Å². The molecule has 20 heavy (non-hydrogen) atoms. The van der Waals surface area contributed by atoms with Crippen molar-refractivity contribution in [2.45, 2.75) is 45.1 Å². The molecule has 0 spiro atoms. The zero-order valence-electron chi connectivity index (χ0n) is 12.6. The lowest BCUT2D eigenvalue weighted by atomic mass is 10.1. The highest BCUT2D eigenvalue weighted by Gasteiger charge is 2.25. The number of aryl methyl sites for hydroxylation is 1. The molecule has 116 valence electrons. The van der Waals surface area contributed by atoms with Gasteiger partial charge in [-0.05, 0) is 18.9 Å². The molecule has 0 radical (unpaired) electrons. The Labute approximate surface area is 122 Å². The van der Waals surface area contributed by atoms with Gasteiger partial charge in [0.1, 0.15) is 4.90 Å². The SMILES string of the molecule is CCC(C)CN(CC)S(=O)(=O)c1cnn(CCCN)c1. The molecule has 2 N–H and O–H groups in total. The quantitative estimate of drug-likeness (QED) is 0.745. The van der Waals surface area contributed by atoms with Crippen LogP contribution < -0.4 is 5.73 Å². The minimum Gasteiger partial charge on any atom is -0.330 e. The van der Waals surface area contributed by atoms with Crippen LogP contribution in [0.2, 0.25) is 0 Å². The van der Waals surface area contributed by atoms with E-state index in [1.165, 1.54) is 10.5 Å². The van der Waals surface area contributed by atoms with Crippen LogP contribution in [0.25, 0.3) is 0 Å². The molecule has 1 aromatic rings. The molecule has 0 aliphatic heterocycles. The van der Waals surface area contributed by atoms with E-state index >= 15 is 0 Å². The normalized spacial score (nSPS) is 13.8. The third-order valence-electron chi connectivity index (χ3n) is 3.40. The number of rotatable bonds is 9. The fraction of sp³-hybridized carbons (Fsp3) is 0.769. The predicted molar refractivity (Wildman–Crippen MR) is 79.8 cm³/mol. The van der Waals surface area contributed by atoms with Gasteiger partial charge in [0, 0.05) is 25.8 Å². The first-order valence-corrected chi connectivity index (χ1v) is 8.62. The third-order valence-corrected chi connectivity index (χ3v) is 5.30. The van der Waals surface area contributed by atoms with E-state index in [1.54, 1.807) is 10.9 Å². The molecule has 0 saturated carbocycles. The van der Waals surface area contributed by atoms with Crippen LogP contribution >= 0.6 is 0 Å². The summed E-state index contributed by atoms with van der Waals surface area (Å²) in [5, 5.41) is 4.09. The summed E-state index contributed by atoms with van der Waals surface area (Å²) in [6.45, 7) is 8.21. The van der Waals surface area contributed by atoms with Crippen LogP contribution in [0, 0.1) is 5.92 Å². The Hall–Kier alpha value is -0.920. The van der Waals surface area contributed by atoms with E-state index in [-0.39, 0.29) is 4.90 Å². The van der Waals surface area contributed by atoms with Gasteiger partial charge in [-0.1, -0.05) is 27.2 Å². The molecule has 7 heteroatoms. The molecule has 1 rings (SSSR count). The Morgan fingerprint density at radius 2 is 2.15 bits per heavy atom. The lowest BCUT2D eigenvalue weighted by molar-refractivity contribution is 0.361. The summed E-state index contributed by atoms with van der Waals surface area (Å²) < 4.78 is 28.3. The van der Waals surface area contributed by atoms with Gasteiger partial charge in [-0.3, -0.25) is 4.68 Å². The van der Waals surface area contributed by atoms with E-state index in [1.807, 2.05) is 6.92 Å². The highest BCUT2D eigenvalue weighted by molar-refractivity contribution is 7.89. The summed E-state index contributed by atoms with van der Waals surface area (Å²) in [6, 6.07) is 0. The molecule has 0 bridgehead atoms. The van der Waals surface area contributed by atoms with Crippen molar-refractivity contribution in [1.82, 2.24) is 14.1 Å². The molecule has 0 aliphatic rings. The fourth-order valence-electron chi connectivity index (χ4n) is 1.88. The Kier molecular flexibility index (Phi) is 6.64. The van der Waals surface area contributed by atoms with Crippen molar-refractivity contribution in [3.8, 4) is 0 Å². The summed E-state index contributed by atoms with van der Waals surface area (Å²) in [7, 11) is -3.44. The smallest absolute Gasteiger partial charge is 0.246 e. The van der Waals surface area contributed by atoms with E-state index in [0.29, 0.717) is 32.1 Å². The largest absolute Gasteiger partial charge is 0.330 e. The Morgan fingerprint density at radius 3 is 2.70 bits per heavy atom. The molecule has 0 fully saturated rings. The summed E-state index contributed by atoms with van der Waals surface area (Å²) in [5.41, 5.74) is 5.44. The molecule has 0 saturated heterocycles. The zero-order chi connectivity index (χ0) is 15.2. The number of nitrogens with two attached hydrogens (primary N) is 1. The lowest BCUT2D eigenvalue weighted by Crippen LogP contribution is -2.34. The summed E-state index contributed by atoms with van der Waals surface area (Å²) >= 11 is 0. The van der Waals surface area contributed by atoms with Gasteiger partial charge in [0.2, 0.25) is 10.0 Å². The standard InChI is InChI=1S/C13H26N4O2S/c1-4-12(3)10-17(5-2)20(18,19)13-9-15-16(11-13)8-6-7-14/h9,11-12H,4-8,10,14H2,1-3H3. The van der Waals surface area contributed by atoms with Crippen molar-refractivity contribution >= 4 is 10.0 Å². The van der Waals surface area contributed by atoms with Crippen LogP contribution in [0.3, 0.4) is 0 Å². The van der Waals surface area contributed by atoms with Gasteiger partial charge in [0.25, 0.3) is 0 Å². The van der Waals surface area contributed by atoms with Crippen molar-refractivity contribution in [3.05, 3.63) is 12.4 Å². The molecule has 1 heterocycles. The second-order valence-electron chi connectivity index (χ2n) is 5.05. The Balaban J connectivity index is 2.87. The Bertz CT molecular complexity index is 498. The van der Waals surface area contributed by atoms with Crippen LogP contribution in [0.4, 0.5) is 0 Å². The van der Waals surface area contributed by atoms with Crippen LogP contribution in [0.1, 0.15) is 33.6 Å². The summed E-state index contributed by atoms with van der Waals surface area (Å²) in [6.07, 6.45) is 4.75. The molecule has 0 aromatic carbocycles. The minimum absolute atomic E-state index is 0.264. The maximum absolute atomic E-state index is 12.5. The third kappa shape index (κ3) is 4.29. The number of aromatic nitrogens is 2. The first kappa shape index (κ1) is 17.1. The Morgan fingerprint density at radius 1 is 1.45 bits per heavy atom. The van der Waals surface area contributed by atoms with Gasteiger partial charge in [0.15, 0.2) is 0 Å². The molecule has 1 aromatic heterocycles. The number of hydrogen-bond donors (Lipinski definition) is 1. The van der Waals surface area contributed by atoms with E-state index in [4.69, 9.17) is 5.73 Å². The molecule has 0 aliphatic carbocycles. The summed E-state index contributed by atoms with van der Waals surface area (Å²) in [4.78, 5) is 0.264. The van der Waals surface area contributed by atoms with Crippen LogP contribution in [0.5, 0.6) is 0 Å². The molecule has 6 nitrogen and oxygen atoms in total. The van der Waals surface area contributed by atoms with Crippen LogP contribution in [-0.2, 0) is 16.6 Å². The topological polar surface area (TPSA) is 81.2 Å². The van der Waals surface area contributed by atoms with Gasteiger partial charge in [-0.2, -0.15) is 9.40 Å². The van der Waals surface area contributed by atoms with E-state index in [9.17, 15) is 8.42 Å². The second-order valence-corrected chi connectivity index (χ2v) is 6.99. The van der Waals surface area contributed by atoms with Gasteiger partial charge < -0.3 is 5.73 Å². The van der Waals surface area contributed by atoms with Gasteiger partial charge >= 0.3 is 0 Å². The van der Waals surface area contributed by atoms with Crippen molar-refractivity contribution in [2.24, 2.45) is 11.7 Å². The first-order valence-electron chi connectivity index (χ1n) is 7.18. The van der Waals surface area contributed by atoms with Gasteiger partial charge in [-0.25, -0.2) is 8.42 Å². The number of sulfonamides is 1. The maximum atomic E-state index is 12.5. The molecule has 1 atom stereocenters. The fourth-order valence-corrected chi connectivity index (χ4v) is 3.40. The summed E-state index contributed by atoms with van der Waals surface area (Å²) in [5.74, 6) is 0.344. The molecular formula is C13H26N4O2S. The highest BCUT2D eigenvalue weighted by atomic mass is 32.2. The number of hydrogen-bond acceptors (Lipinski definition) is 4. The minimum atomic E-state index is -3.44. The molecule has 1 unspecified atom stereocenters. The average Bonchev–Trinajstić information content (AvgIpc) is 2.91. The first-order chi connectivity index (χ1) is 9.45. The maximum Gasteiger partial charge on any atom is 0.246 e.